The minimum Gasteiger partial charge on any atom is -0.508 e. The second-order valence-corrected chi connectivity index (χ2v) is 5.34. The predicted octanol–water partition coefficient (Wildman–Crippen LogP) is 4.83. The van der Waals surface area contributed by atoms with Crippen LogP contribution in [0.2, 0.25) is 0 Å². The highest BCUT2D eigenvalue weighted by Crippen LogP contribution is 2.29. The van der Waals surface area contributed by atoms with Gasteiger partial charge in [0.2, 0.25) is 0 Å². The smallest absolute Gasteiger partial charge is 0.121 e. The number of aryl methyl sites for hydroxylation is 2. The Morgan fingerprint density at radius 1 is 1.15 bits per heavy atom. The summed E-state index contributed by atoms with van der Waals surface area (Å²) in [7, 11) is 0. The average Bonchev–Trinajstić information content (AvgIpc) is 2.41. The molecule has 0 amide bonds. The topological polar surface area (TPSA) is 32.3 Å². The molecule has 0 spiro atoms. The Morgan fingerprint density at radius 3 is 2.60 bits per heavy atom. The molecule has 2 N–H and O–H groups in total. The van der Waals surface area contributed by atoms with Crippen molar-refractivity contribution >= 4 is 5.69 Å². The molecule has 0 aliphatic carbocycles. The van der Waals surface area contributed by atoms with Gasteiger partial charge in [-0.1, -0.05) is 43.7 Å². The molecule has 0 saturated carbocycles. The number of anilines is 1. The standard InChI is InChI=1S/C18H23NO/c1-4-7-15-8-5-6-9-17(15)19-14(3)16-11-10-13(2)12-18(16)20/h5-6,8-12,14,19-20H,4,7H2,1-3H3. The van der Waals surface area contributed by atoms with Crippen molar-refractivity contribution in [2.24, 2.45) is 0 Å². The predicted molar refractivity (Wildman–Crippen MR) is 85.3 cm³/mol. The number of phenolic OH excluding ortho intramolecular Hbond substituents is 1. The molecule has 2 aromatic carbocycles. The Hall–Kier alpha value is -1.96. The average molecular weight is 269 g/mol. The van der Waals surface area contributed by atoms with E-state index in [1.807, 2.05) is 31.2 Å². The lowest BCUT2D eigenvalue weighted by Crippen LogP contribution is -2.08. The van der Waals surface area contributed by atoms with Crippen LogP contribution in [0.25, 0.3) is 0 Å². The molecule has 20 heavy (non-hydrogen) atoms. The third kappa shape index (κ3) is 3.32. The van der Waals surface area contributed by atoms with Gasteiger partial charge < -0.3 is 10.4 Å². The fraction of sp³-hybridized carbons (Fsp3) is 0.333. The van der Waals surface area contributed by atoms with Crippen molar-refractivity contribution in [1.82, 2.24) is 0 Å². The van der Waals surface area contributed by atoms with Crippen LogP contribution >= 0.6 is 0 Å². The minimum absolute atomic E-state index is 0.0774. The summed E-state index contributed by atoms with van der Waals surface area (Å²) in [5.41, 5.74) is 4.49. The van der Waals surface area contributed by atoms with Crippen LogP contribution in [0.15, 0.2) is 42.5 Å². The maximum Gasteiger partial charge on any atom is 0.121 e. The van der Waals surface area contributed by atoms with Crippen LogP contribution in [-0.2, 0) is 6.42 Å². The first-order chi connectivity index (χ1) is 9.61. The third-order valence-electron chi connectivity index (χ3n) is 3.56. The quantitative estimate of drug-likeness (QED) is 0.815. The first-order valence-corrected chi connectivity index (χ1v) is 7.25. The third-order valence-corrected chi connectivity index (χ3v) is 3.56. The molecule has 106 valence electrons. The van der Waals surface area contributed by atoms with Gasteiger partial charge in [0, 0.05) is 11.3 Å². The second kappa shape index (κ2) is 6.47. The van der Waals surface area contributed by atoms with Crippen molar-refractivity contribution in [2.45, 2.75) is 39.7 Å². The van der Waals surface area contributed by atoms with E-state index in [2.05, 4.69) is 37.4 Å². The Balaban J connectivity index is 2.21. The SMILES string of the molecule is CCCc1ccccc1NC(C)c1ccc(C)cc1O. The van der Waals surface area contributed by atoms with Gasteiger partial charge in [-0.25, -0.2) is 0 Å². The Kier molecular flexibility index (Phi) is 4.67. The van der Waals surface area contributed by atoms with Crippen molar-refractivity contribution in [3.63, 3.8) is 0 Å². The summed E-state index contributed by atoms with van der Waals surface area (Å²) >= 11 is 0. The molecular weight excluding hydrogens is 246 g/mol. The molecule has 1 atom stereocenters. The lowest BCUT2D eigenvalue weighted by atomic mass is 10.0. The molecule has 0 saturated heterocycles. The number of hydrogen-bond acceptors (Lipinski definition) is 2. The van der Waals surface area contributed by atoms with Crippen LogP contribution in [0.5, 0.6) is 5.75 Å². The molecule has 2 nitrogen and oxygen atoms in total. The Labute approximate surface area is 121 Å². The van der Waals surface area contributed by atoms with E-state index in [0.29, 0.717) is 5.75 Å². The summed E-state index contributed by atoms with van der Waals surface area (Å²) in [6.07, 6.45) is 2.19. The lowest BCUT2D eigenvalue weighted by molar-refractivity contribution is 0.465. The summed E-state index contributed by atoms with van der Waals surface area (Å²) < 4.78 is 0. The largest absolute Gasteiger partial charge is 0.508 e. The minimum atomic E-state index is 0.0774. The molecular formula is C18H23NO. The molecule has 2 rings (SSSR count). The Morgan fingerprint density at radius 2 is 1.90 bits per heavy atom. The summed E-state index contributed by atoms with van der Waals surface area (Å²) in [4.78, 5) is 0. The van der Waals surface area contributed by atoms with Gasteiger partial charge in [-0.05, 0) is 43.5 Å². The number of nitrogens with one attached hydrogen (secondary N) is 1. The van der Waals surface area contributed by atoms with Crippen molar-refractivity contribution in [3.8, 4) is 5.75 Å². The molecule has 1 unspecified atom stereocenters. The monoisotopic (exact) mass is 269 g/mol. The van der Waals surface area contributed by atoms with E-state index in [0.717, 1.165) is 29.7 Å². The molecule has 0 aromatic heterocycles. The van der Waals surface area contributed by atoms with Crippen LogP contribution in [0.4, 0.5) is 5.69 Å². The summed E-state index contributed by atoms with van der Waals surface area (Å²) in [6, 6.07) is 14.3. The number of benzene rings is 2. The van der Waals surface area contributed by atoms with Crippen molar-refractivity contribution < 1.29 is 5.11 Å². The zero-order valence-electron chi connectivity index (χ0n) is 12.5. The van der Waals surface area contributed by atoms with E-state index in [1.165, 1.54) is 5.56 Å². The molecule has 0 fully saturated rings. The van der Waals surface area contributed by atoms with Gasteiger partial charge in [-0.15, -0.1) is 0 Å². The van der Waals surface area contributed by atoms with E-state index in [-0.39, 0.29) is 6.04 Å². The number of rotatable bonds is 5. The highest BCUT2D eigenvalue weighted by Gasteiger charge is 2.11. The van der Waals surface area contributed by atoms with Gasteiger partial charge in [0.15, 0.2) is 0 Å². The van der Waals surface area contributed by atoms with E-state index in [1.54, 1.807) is 0 Å². The second-order valence-electron chi connectivity index (χ2n) is 5.34. The van der Waals surface area contributed by atoms with E-state index < -0.39 is 0 Å². The molecule has 2 aromatic rings. The summed E-state index contributed by atoms with van der Waals surface area (Å²) in [6.45, 7) is 6.25. The highest BCUT2D eigenvalue weighted by molar-refractivity contribution is 5.53. The van der Waals surface area contributed by atoms with Crippen LogP contribution < -0.4 is 5.32 Å². The molecule has 0 aliphatic rings. The summed E-state index contributed by atoms with van der Waals surface area (Å²) in [5.74, 6) is 0.359. The van der Waals surface area contributed by atoms with E-state index in [4.69, 9.17) is 0 Å². The first kappa shape index (κ1) is 14.4. The fourth-order valence-corrected chi connectivity index (χ4v) is 2.48. The fourth-order valence-electron chi connectivity index (χ4n) is 2.48. The number of phenols is 1. The van der Waals surface area contributed by atoms with Gasteiger partial charge in [0.05, 0.1) is 6.04 Å². The van der Waals surface area contributed by atoms with Crippen LogP contribution in [0.1, 0.15) is 43.0 Å². The lowest BCUT2D eigenvalue weighted by Gasteiger charge is -2.19. The maximum absolute atomic E-state index is 10.1. The normalized spacial score (nSPS) is 12.2. The van der Waals surface area contributed by atoms with Gasteiger partial charge in [-0.2, -0.15) is 0 Å². The molecule has 0 heterocycles. The van der Waals surface area contributed by atoms with Crippen molar-refractivity contribution in [2.75, 3.05) is 5.32 Å². The van der Waals surface area contributed by atoms with Crippen LogP contribution in [-0.4, -0.2) is 5.11 Å². The van der Waals surface area contributed by atoms with Gasteiger partial charge in [0.1, 0.15) is 5.75 Å². The number of para-hydroxylation sites is 1. The molecule has 2 heteroatoms. The van der Waals surface area contributed by atoms with Gasteiger partial charge in [-0.3, -0.25) is 0 Å². The number of hydrogen-bond donors (Lipinski definition) is 2. The summed E-state index contributed by atoms with van der Waals surface area (Å²) in [5, 5.41) is 13.6. The number of aromatic hydroxyl groups is 1. The zero-order valence-corrected chi connectivity index (χ0v) is 12.5. The van der Waals surface area contributed by atoms with Crippen LogP contribution in [0, 0.1) is 6.92 Å². The van der Waals surface area contributed by atoms with Crippen molar-refractivity contribution in [1.29, 1.82) is 0 Å². The molecule has 0 aliphatic heterocycles. The van der Waals surface area contributed by atoms with Gasteiger partial charge >= 0.3 is 0 Å². The van der Waals surface area contributed by atoms with E-state index in [9.17, 15) is 5.11 Å². The maximum atomic E-state index is 10.1. The highest BCUT2D eigenvalue weighted by atomic mass is 16.3. The first-order valence-electron chi connectivity index (χ1n) is 7.25. The zero-order chi connectivity index (χ0) is 14.5. The van der Waals surface area contributed by atoms with Gasteiger partial charge in [0.25, 0.3) is 0 Å². The Bertz CT molecular complexity index is 577. The van der Waals surface area contributed by atoms with Crippen molar-refractivity contribution in [3.05, 3.63) is 59.2 Å². The van der Waals surface area contributed by atoms with E-state index >= 15 is 0 Å². The van der Waals surface area contributed by atoms with Crippen LogP contribution in [0.3, 0.4) is 0 Å². The molecule has 0 bridgehead atoms. The molecule has 0 radical (unpaired) electrons.